The average molecular weight is 333 g/mol. The predicted molar refractivity (Wildman–Crippen MR) is 101 cm³/mol. The van der Waals surface area contributed by atoms with Gasteiger partial charge in [0.1, 0.15) is 0 Å². The van der Waals surface area contributed by atoms with Crippen molar-refractivity contribution in [3.05, 3.63) is 60.2 Å². The van der Waals surface area contributed by atoms with Crippen LogP contribution >= 0.6 is 0 Å². The van der Waals surface area contributed by atoms with Crippen molar-refractivity contribution in [3.8, 4) is 11.3 Å². The number of carbonyl (C=O) groups is 1. The monoisotopic (exact) mass is 333 g/mol. The molecule has 0 bridgehead atoms. The van der Waals surface area contributed by atoms with Crippen LogP contribution in [0.3, 0.4) is 0 Å². The Morgan fingerprint density at radius 1 is 1.08 bits per heavy atom. The lowest BCUT2D eigenvalue weighted by atomic mass is 10.0. The van der Waals surface area contributed by atoms with Crippen molar-refractivity contribution < 1.29 is 4.79 Å². The third-order valence-corrected chi connectivity index (χ3v) is 4.88. The Morgan fingerprint density at radius 2 is 1.80 bits per heavy atom. The van der Waals surface area contributed by atoms with Crippen LogP contribution < -0.4 is 5.73 Å². The van der Waals surface area contributed by atoms with Crippen LogP contribution in [0, 0.1) is 0 Å². The van der Waals surface area contributed by atoms with Gasteiger partial charge in [0.15, 0.2) is 0 Å². The Labute approximate surface area is 147 Å². The SMILES string of the molecule is NCCN(C(=O)Cc1c(-c2ccccc2)[nH]c2ccccc12)C1CC1. The summed E-state index contributed by atoms with van der Waals surface area (Å²) in [6.45, 7) is 1.16. The molecule has 2 aromatic carbocycles. The third kappa shape index (κ3) is 3.17. The first-order valence-corrected chi connectivity index (χ1v) is 8.92. The molecule has 1 amide bonds. The number of fused-ring (bicyclic) bond motifs is 1. The normalized spacial score (nSPS) is 14.0. The molecule has 1 aliphatic carbocycles. The van der Waals surface area contributed by atoms with Crippen molar-refractivity contribution in [1.82, 2.24) is 9.88 Å². The number of amides is 1. The lowest BCUT2D eigenvalue weighted by Crippen LogP contribution is -2.38. The Hall–Kier alpha value is -2.59. The number of aromatic amines is 1. The number of nitrogens with two attached hydrogens (primary N) is 1. The quantitative estimate of drug-likeness (QED) is 0.727. The van der Waals surface area contributed by atoms with E-state index in [-0.39, 0.29) is 5.91 Å². The first-order chi connectivity index (χ1) is 12.3. The van der Waals surface area contributed by atoms with Crippen LogP contribution in [0.25, 0.3) is 22.2 Å². The minimum absolute atomic E-state index is 0.176. The lowest BCUT2D eigenvalue weighted by molar-refractivity contribution is -0.130. The van der Waals surface area contributed by atoms with E-state index in [2.05, 4.69) is 29.2 Å². The van der Waals surface area contributed by atoms with E-state index in [1.165, 1.54) is 0 Å². The van der Waals surface area contributed by atoms with E-state index in [0.29, 0.717) is 25.6 Å². The van der Waals surface area contributed by atoms with E-state index in [1.54, 1.807) is 0 Å². The number of nitrogens with zero attached hydrogens (tertiary/aromatic N) is 1. The molecule has 3 N–H and O–H groups in total. The highest BCUT2D eigenvalue weighted by Gasteiger charge is 2.32. The molecular weight excluding hydrogens is 310 g/mol. The average Bonchev–Trinajstić information content (AvgIpc) is 3.42. The Balaban J connectivity index is 1.73. The summed E-state index contributed by atoms with van der Waals surface area (Å²) in [6.07, 6.45) is 2.61. The molecule has 0 atom stereocenters. The summed E-state index contributed by atoms with van der Waals surface area (Å²) in [5.74, 6) is 0.176. The number of hydrogen-bond acceptors (Lipinski definition) is 2. The standard InChI is InChI=1S/C21H23N3O/c22-12-13-24(16-10-11-16)20(25)14-18-17-8-4-5-9-19(17)23-21(18)15-6-2-1-3-7-15/h1-9,16,23H,10-14,22H2. The van der Waals surface area contributed by atoms with Crippen LogP contribution in [-0.2, 0) is 11.2 Å². The third-order valence-electron chi connectivity index (χ3n) is 4.88. The van der Waals surface area contributed by atoms with Gasteiger partial charge in [-0.2, -0.15) is 0 Å². The number of aromatic nitrogens is 1. The fourth-order valence-electron chi connectivity index (χ4n) is 3.52. The van der Waals surface area contributed by atoms with Gasteiger partial charge in [-0.25, -0.2) is 0 Å². The molecule has 0 radical (unpaired) electrons. The summed E-state index contributed by atoms with van der Waals surface area (Å²) in [7, 11) is 0. The highest BCUT2D eigenvalue weighted by molar-refractivity contribution is 5.95. The molecule has 1 aromatic heterocycles. The zero-order valence-corrected chi connectivity index (χ0v) is 14.2. The molecule has 128 valence electrons. The zero-order valence-electron chi connectivity index (χ0n) is 14.2. The van der Waals surface area contributed by atoms with Crippen LogP contribution in [-0.4, -0.2) is 34.9 Å². The largest absolute Gasteiger partial charge is 0.354 e. The minimum Gasteiger partial charge on any atom is -0.354 e. The maximum atomic E-state index is 13.0. The molecule has 4 rings (SSSR count). The molecule has 1 fully saturated rings. The van der Waals surface area contributed by atoms with Gasteiger partial charge in [-0.15, -0.1) is 0 Å². The number of carbonyl (C=O) groups excluding carboxylic acids is 1. The summed E-state index contributed by atoms with van der Waals surface area (Å²) in [4.78, 5) is 18.4. The molecule has 0 spiro atoms. The van der Waals surface area contributed by atoms with E-state index >= 15 is 0 Å². The molecular formula is C21H23N3O. The molecule has 1 heterocycles. The summed E-state index contributed by atoms with van der Waals surface area (Å²) in [5, 5.41) is 1.12. The zero-order chi connectivity index (χ0) is 17.2. The topological polar surface area (TPSA) is 62.1 Å². The van der Waals surface area contributed by atoms with Gasteiger partial charge < -0.3 is 15.6 Å². The highest BCUT2D eigenvalue weighted by Crippen LogP contribution is 2.32. The molecule has 4 nitrogen and oxygen atoms in total. The van der Waals surface area contributed by atoms with Gasteiger partial charge in [0, 0.05) is 30.0 Å². The lowest BCUT2D eigenvalue weighted by Gasteiger charge is -2.22. The second kappa shape index (κ2) is 6.73. The van der Waals surface area contributed by atoms with Crippen molar-refractivity contribution in [2.45, 2.75) is 25.3 Å². The van der Waals surface area contributed by atoms with Gasteiger partial charge in [0.05, 0.1) is 12.1 Å². The number of rotatable bonds is 6. The van der Waals surface area contributed by atoms with Crippen LogP contribution in [0.15, 0.2) is 54.6 Å². The number of para-hydroxylation sites is 1. The summed E-state index contributed by atoms with van der Waals surface area (Å²) in [5.41, 5.74) is 10.0. The fraction of sp³-hybridized carbons (Fsp3) is 0.286. The second-order valence-corrected chi connectivity index (χ2v) is 6.67. The Kier molecular flexibility index (Phi) is 4.28. The second-order valence-electron chi connectivity index (χ2n) is 6.67. The van der Waals surface area contributed by atoms with Gasteiger partial charge in [0.25, 0.3) is 0 Å². The first-order valence-electron chi connectivity index (χ1n) is 8.92. The summed E-state index contributed by atoms with van der Waals surface area (Å²) in [6, 6.07) is 18.8. The number of nitrogens with one attached hydrogen (secondary N) is 1. The highest BCUT2D eigenvalue weighted by atomic mass is 16.2. The first kappa shape index (κ1) is 15.9. The van der Waals surface area contributed by atoms with Gasteiger partial charge in [-0.3, -0.25) is 4.79 Å². The Morgan fingerprint density at radius 3 is 2.52 bits per heavy atom. The Bertz CT molecular complexity index is 881. The van der Waals surface area contributed by atoms with Crippen LogP contribution in [0.1, 0.15) is 18.4 Å². The maximum Gasteiger partial charge on any atom is 0.227 e. The number of H-pyrrole nitrogens is 1. The summed E-state index contributed by atoms with van der Waals surface area (Å²) < 4.78 is 0. The molecule has 25 heavy (non-hydrogen) atoms. The number of hydrogen-bond donors (Lipinski definition) is 2. The molecule has 4 heteroatoms. The van der Waals surface area contributed by atoms with Gasteiger partial charge in [-0.1, -0.05) is 48.5 Å². The van der Waals surface area contributed by atoms with Gasteiger partial charge >= 0.3 is 0 Å². The van der Waals surface area contributed by atoms with Crippen molar-refractivity contribution in [2.75, 3.05) is 13.1 Å². The number of benzene rings is 2. The maximum absolute atomic E-state index is 13.0. The van der Waals surface area contributed by atoms with Crippen molar-refractivity contribution in [3.63, 3.8) is 0 Å². The van der Waals surface area contributed by atoms with E-state index in [0.717, 1.165) is 40.6 Å². The van der Waals surface area contributed by atoms with Crippen LogP contribution in [0.4, 0.5) is 0 Å². The van der Waals surface area contributed by atoms with E-state index in [4.69, 9.17) is 5.73 Å². The smallest absolute Gasteiger partial charge is 0.227 e. The minimum atomic E-state index is 0.176. The van der Waals surface area contributed by atoms with E-state index in [9.17, 15) is 4.79 Å². The van der Waals surface area contributed by atoms with E-state index < -0.39 is 0 Å². The summed E-state index contributed by atoms with van der Waals surface area (Å²) >= 11 is 0. The molecule has 1 aliphatic rings. The molecule has 0 unspecified atom stereocenters. The molecule has 3 aromatic rings. The van der Waals surface area contributed by atoms with Gasteiger partial charge in [-0.05, 0) is 30.0 Å². The van der Waals surface area contributed by atoms with Crippen molar-refractivity contribution in [2.24, 2.45) is 5.73 Å². The van der Waals surface area contributed by atoms with E-state index in [1.807, 2.05) is 35.2 Å². The molecule has 1 saturated carbocycles. The molecule has 0 saturated heterocycles. The van der Waals surface area contributed by atoms with Crippen molar-refractivity contribution >= 4 is 16.8 Å². The fourth-order valence-corrected chi connectivity index (χ4v) is 3.52. The van der Waals surface area contributed by atoms with Gasteiger partial charge in [0.2, 0.25) is 5.91 Å². The van der Waals surface area contributed by atoms with Crippen LogP contribution in [0.2, 0.25) is 0 Å². The van der Waals surface area contributed by atoms with Crippen LogP contribution in [0.5, 0.6) is 0 Å². The predicted octanol–water partition coefficient (Wildman–Crippen LogP) is 3.33. The van der Waals surface area contributed by atoms with Crippen molar-refractivity contribution in [1.29, 1.82) is 0 Å². The molecule has 0 aliphatic heterocycles.